The van der Waals surface area contributed by atoms with Gasteiger partial charge in [-0.3, -0.25) is 14.5 Å². The number of alkyl halides is 2. The molecule has 0 N–H and O–H groups in total. The molecule has 4 aromatic rings. The van der Waals surface area contributed by atoms with Crippen LogP contribution >= 0.6 is 0 Å². The summed E-state index contributed by atoms with van der Waals surface area (Å²) < 4.78 is 42.3. The van der Waals surface area contributed by atoms with Crippen LogP contribution in [-0.2, 0) is 13.5 Å². The molecule has 0 aliphatic carbocycles. The summed E-state index contributed by atoms with van der Waals surface area (Å²) in [6, 6.07) is 13.0. The number of halogens is 3. The van der Waals surface area contributed by atoms with Crippen LogP contribution in [0.4, 0.5) is 13.2 Å². The van der Waals surface area contributed by atoms with Gasteiger partial charge in [0.05, 0.1) is 28.5 Å². The van der Waals surface area contributed by atoms with Gasteiger partial charge in [-0.1, -0.05) is 6.07 Å². The fourth-order valence-electron chi connectivity index (χ4n) is 5.73. The van der Waals surface area contributed by atoms with Crippen molar-refractivity contribution in [2.45, 2.75) is 44.2 Å². The predicted octanol–water partition coefficient (Wildman–Crippen LogP) is 6.00. The van der Waals surface area contributed by atoms with Crippen molar-refractivity contribution in [3.63, 3.8) is 0 Å². The number of amides is 1. The molecular formula is C27H23F3N4O. The minimum atomic E-state index is -2.90. The second-order valence-corrected chi connectivity index (χ2v) is 9.30. The molecule has 2 bridgehead atoms. The zero-order chi connectivity index (χ0) is 24.3. The van der Waals surface area contributed by atoms with Crippen LogP contribution in [0, 0.1) is 5.82 Å². The zero-order valence-electron chi connectivity index (χ0n) is 19.1. The van der Waals surface area contributed by atoms with Gasteiger partial charge >= 0.3 is 0 Å². The van der Waals surface area contributed by atoms with E-state index in [1.54, 1.807) is 17.9 Å². The van der Waals surface area contributed by atoms with E-state index < -0.39 is 17.8 Å². The quantitative estimate of drug-likeness (QED) is 0.364. The largest absolute Gasteiger partial charge is 0.327 e. The highest BCUT2D eigenvalue weighted by molar-refractivity contribution is 5.98. The Hall–Kier alpha value is -3.68. The molecule has 0 unspecified atom stereocenters. The maximum atomic E-state index is 13.9. The molecule has 2 aromatic carbocycles. The van der Waals surface area contributed by atoms with E-state index in [4.69, 9.17) is 5.10 Å². The molecule has 0 radical (unpaired) electrons. The summed E-state index contributed by atoms with van der Waals surface area (Å²) in [6.07, 6.45) is 2.03. The lowest BCUT2D eigenvalue weighted by molar-refractivity contribution is 0.0392. The van der Waals surface area contributed by atoms with Crippen molar-refractivity contribution < 1.29 is 18.0 Å². The van der Waals surface area contributed by atoms with Crippen LogP contribution in [0.1, 0.15) is 58.9 Å². The van der Waals surface area contributed by atoms with Crippen molar-refractivity contribution in [2.75, 3.05) is 0 Å². The molecule has 2 aliphatic rings. The Bertz CT molecular complexity index is 1460. The van der Waals surface area contributed by atoms with Crippen molar-refractivity contribution in [3.05, 3.63) is 82.9 Å². The number of rotatable bonds is 3. The summed E-state index contributed by atoms with van der Waals surface area (Å²) >= 11 is 0. The smallest absolute Gasteiger partial charge is 0.266 e. The van der Waals surface area contributed by atoms with E-state index in [1.807, 2.05) is 35.2 Å². The van der Waals surface area contributed by atoms with Crippen LogP contribution in [0.5, 0.6) is 0 Å². The van der Waals surface area contributed by atoms with E-state index in [0.29, 0.717) is 23.2 Å². The molecule has 0 spiro atoms. The third kappa shape index (κ3) is 3.50. The Morgan fingerprint density at radius 2 is 1.97 bits per heavy atom. The number of benzene rings is 2. The molecule has 1 saturated heterocycles. The first-order chi connectivity index (χ1) is 16.9. The number of pyridine rings is 1. The fourth-order valence-corrected chi connectivity index (χ4v) is 5.73. The van der Waals surface area contributed by atoms with Gasteiger partial charge in [-0.15, -0.1) is 0 Å². The first-order valence-corrected chi connectivity index (χ1v) is 11.7. The molecule has 8 heteroatoms. The van der Waals surface area contributed by atoms with Crippen molar-refractivity contribution in [1.82, 2.24) is 19.7 Å². The van der Waals surface area contributed by atoms with E-state index in [1.165, 1.54) is 12.1 Å². The highest BCUT2D eigenvalue weighted by Gasteiger charge is 2.43. The molecule has 1 fully saturated rings. The highest BCUT2D eigenvalue weighted by atomic mass is 19.3. The monoisotopic (exact) mass is 476 g/mol. The highest BCUT2D eigenvalue weighted by Crippen LogP contribution is 2.45. The number of carbonyl (C=O) groups excluding carboxylic acids is 1. The van der Waals surface area contributed by atoms with Gasteiger partial charge in [-0.2, -0.15) is 5.10 Å². The number of hydrogen-bond acceptors (Lipinski definition) is 3. The number of fused-ring (bicyclic) bond motifs is 5. The maximum Gasteiger partial charge on any atom is 0.266 e. The van der Waals surface area contributed by atoms with E-state index in [-0.39, 0.29) is 18.0 Å². The van der Waals surface area contributed by atoms with E-state index in [0.717, 1.165) is 47.5 Å². The molecule has 35 heavy (non-hydrogen) atoms. The lowest BCUT2D eigenvalue weighted by Gasteiger charge is -2.45. The number of piperidine rings is 1. The minimum absolute atomic E-state index is 0.0173. The van der Waals surface area contributed by atoms with E-state index >= 15 is 0 Å². The molecule has 2 aliphatic heterocycles. The van der Waals surface area contributed by atoms with Gasteiger partial charge in [0.2, 0.25) is 0 Å². The van der Waals surface area contributed by atoms with Gasteiger partial charge in [-0.05, 0) is 68.1 Å². The standard InChI is InChI=1S/C27H23F3N4O/c1-33-25(16-7-9-21(28)19(13-16)26(29)30)20-14-18-5-2-6-23(24(20)32-33)34(18)27(35)17-8-10-22-15(12-17)4-3-11-31-22/h3-4,7-13,18,23,26H,2,5-6,14H2,1H3/t18-,23+/m1/s1. The number of hydrogen-bond donors (Lipinski definition) is 0. The average Bonchev–Trinajstić information content (AvgIpc) is 3.18. The Kier molecular flexibility index (Phi) is 5.12. The summed E-state index contributed by atoms with van der Waals surface area (Å²) in [5.41, 5.74) is 3.82. The molecule has 5 nitrogen and oxygen atoms in total. The summed E-state index contributed by atoms with van der Waals surface area (Å²) in [5, 5.41) is 5.66. The zero-order valence-corrected chi connectivity index (χ0v) is 19.1. The summed E-state index contributed by atoms with van der Waals surface area (Å²) in [5.74, 6) is -0.955. The van der Waals surface area contributed by atoms with Crippen LogP contribution in [0.15, 0.2) is 54.7 Å². The maximum absolute atomic E-state index is 13.9. The first kappa shape index (κ1) is 21.8. The first-order valence-electron chi connectivity index (χ1n) is 11.7. The third-order valence-electron chi connectivity index (χ3n) is 7.26. The van der Waals surface area contributed by atoms with Crippen LogP contribution in [-0.4, -0.2) is 31.6 Å². The summed E-state index contributed by atoms with van der Waals surface area (Å²) in [4.78, 5) is 20.0. The SMILES string of the molecule is Cn1nc2c(c1-c1ccc(F)c(C(F)F)c1)C[C@H]1CCC[C@@H]2N1C(=O)c1ccc2ncccc2c1. The van der Waals surface area contributed by atoms with Gasteiger partial charge in [0.15, 0.2) is 0 Å². The van der Waals surface area contributed by atoms with Gasteiger partial charge < -0.3 is 4.90 Å². The van der Waals surface area contributed by atoms with Gasteiger partial charge in [0.1, 0.15) is 5.82 Å². The van der Waals surface area contributed by atoms with Crippen molar-refractivity contribution >= 4 is 16.8 Å². The Labute approximate surface area is 200 Å². The molecule has 2 aromatic heterocycles. The second-order valence-electron chi connectivity index (χ2n) is 9.30. The fraction of sp³-hybridized carbons (Fsp3) is 0.296. The minimum Gasteiger partial charge on any atom is -0.327 e. The van der Waals surface area contributed by atoms with Crippen LogP contribution < -0.4 is 0 Å². The number of nitrogens with zero attached hydrogens (tertiary/aromatic N) is 4. The summed E-state index contributed by atoms with van der Waals surface area (Å²) in [7, 11) is 1.77. The van der Waals surface area contributed by atoms with Gasteiger partial charge in [0, 0.05) is 41.4 Å². The predicted molar refractivity (Wildman–Crippen MR) is 126 cm³/mol. The Morgan fingerprint density at radius 3 is 2.80 bits per heavy atom. The topological polar surface area (TPSA) is 51.0 Å². The van der Waals surface area contributed by atoms with E-state index in [9.17, 15) is 18.0 Å². The average molecular weight is 477 g/mol. The van der Waals surface area contributed by atoms with E-state index in [2.05, 4.69) is 4.98 Å². The van der Waals surface area contributed by atoms with Gasteiger partial charge in [0.25, 0.3) is 12.3 Å². The molecule has 0 saturated carbocycles. The summed E-state index contributed by atoms with van der Waals surface area (Å²) in [6.45, 7) is 0. The molecular weight excluding hydrogens is 453 g/mol. The number of carbonyl (C=O) groups is 1. The molecule has 2 atom stereocenters. The van der Waals surface area contributed by atoms with Crippen LogP contribution in [0.25, 0.3) is 22.2 Å². The molecule has 4 heterocycles. The van der Waals surface area contributed by atoms with Crippen molar-refractivity contribution in [3.8, 4) is 11.3 Å². The lowest BCUT2D eigenvalue weighted by atomic mass is 9.81. The Balaban J connectivity index is 1.41. The van der Waals surface area contributed by atoms with Crippen molar-refractivity contribution in [1.29, 1.82) is 0 Å². The van der Waals surface area contributed by atoms with Crippen LogP contribution in [0.2, 0.25) is 0 Å². The van der Waals surface area contributed by atoms with Crippen LogP contribution in [0.3, 0.4) is 0 Å². The molecule has 178 valence electrons. The van der Waals surface area contributed by atoms with Crippen molar-refractivity contribution in [2.24, 2.45) is 7.05 Å². The second kappa shape index (κ2) is 8.22. The van der Waals surface area contributed by atoms with Gasteiger partial charge in [-0.25, -0.2) is 13.2 Å². The number of aryl methyl sites for hydroxylation is 1. The number of aromatic nitrogens is 3. The molecule has 1 amide bonds. The lowest BCUT2D eigenvalue weighted by Crippen LogP contribution is -2.49. The molecule has 6 rings (SSSR count). The third-order valence-corrected chi connectivity index (χ3v) is 7.26. The normalized spacial score (nSPS) is 19.3. The Morgan fingerprint density at radius 1 is 1.11 bits per heavy atom.